The Balaban J connectivity index is 1.75. The number of nitrogens with zero attached hydrogens (tertiary/aromatic N) is 1. The third-order valence-electron chi connectivity index (χ3n) is 4.02. The summed E-state index contributed by atoms with van der Waals surface area (Å²) in [5.74, 6) is -0.0146. The van der Waals surface area contributed by atoms with Gasteiger partial charge in [0, 0.05) is 19.2 Å². The molecule has 0 aromatic heterocycles. The van der Waals surface area contributed by atoms with Gasteiger partial charge in [-0.3, -0.25) is 4.79 Å². The minimum absolute atomic E-state index is 0.204. The fourth-order valence-corrected chi connectivity index (χ4v) is 2.86. The zero-order valence-corrected chi connectivity index (χ0v) is 14.2. The molecule has 1 aliphatic rings. The van der Waals surface area contributed by atoms with Gasteiger partial charge >= 0.3 is 6.36 Å². The molecular formula is C18H23F3N2O2. The highest BCUT2D eigenvalue weighted by Gasteiger charge is 2.30. The van der Waals surface area contributed by atoms with E-state index in [4.69, 9.17) is 0 Å². The molecule has 1 atom stereocenters. The lowest BCUT2D eigenvalue weighted by Gasteiger charge is -2.14. The van der Waals surface area contributed by atoms with Gasteiger partial charge in [-0.25, -0.2) is 0 Å². The van der Waals surface area contributed by atoms with Crippen molar-refractivity contribution in [1.82, 2.24) is 10.2 Å². The largest absolute Gasteiger partial charge is 0.573 e. The highest BCUT2D eigenvalue weighted by atomic mass is 19.4. The van der Waals surface area contributed by atoms with E-state index in [2.05, 4.69) is 21.9 Å². The van der Waals surface area contributed by atoms with Crippen molar-refractivity contribution in [3.05, 3.63) is 35.9 Å². The van der Waals surface area contributed by atoms with Gasteiger partial charge in [-0.2, -0.15) is 0 Å². The first-order valence-corrected chi connectivity index (χ1v) is 8.40. The van der Waals surface area contributed by atoms with Crippen molar-refractivity contribution in [2.45, 2.75) is 26.1 Å². The standard InChI is InChI=1S/C18H23F3N2O2/c1-2-10-23-11-9-15(13-23)12-22-17(24)8-5-14-3-6-16(7-4-14)25-18(19,20)21/h3-8,15H,2,9-13H2,1H3,(H,22,24)/b8-5+/t15-/m1/s1. The van der Waals surface area contributed by atoms with E-state index in [-0.39, 0.29) is 11.7 Å². The van der Waals surface area contributed by atoms with Crippen LogP contribution in [0.15, 0.2) is 30.3 Å². The van der Waals surface area contributed by atoms with E-state index in [1.54, 1.807) is 6.08 Å². The van der Waals surface area contributed by atoms with Crippen LogP contribution in [0, 0.1) is 5.92 Å². The minimum Gasteiger partial charge on any atom is -0.406 e. The zero-order chi connectivity index (χ0) is 18.3. The van der Waals surface area contributed by atoms with Crippen LogP contribution in [0.5, 0.6) is 5.75 Å². The Morgan fingerprint density at radius 1 is 1.36 bits per heavy atom. The van der Waals surface area contributed by atoms with Crippen molar-refractivity contribution < 1.29 is 22.7 Å². The number of carbonyl (C=O) groups is 1. The number of benzene rings is 1. The third-order valence-corrected chi connectivity index (χ3v) is 4.02. The Hall–Kier alpha value is -2.02. The van der Waals surface area contributed by atoms with Crippen molar-refractivity contribution in [1.29, 1.82) is 0 Å². The molecule has 4 nitrogen and oxygen atoms in total. The van der Waals surface area contributed by atoms with E-state index in [1.807, 2.05) is 0 Å². The number of hydrogen-bond acceptors (Lipinski definition) is 3. The van der Waals surface area contributed by atoms with Gasteiger partial charge in [0.15, 0.2) is 0 Å². The first-order valence-electron chi connectivity index (χ1n) is 8.40. The first kappa shape index (κ1) is 19.3. The third kappa shape index (κ3) is 7.17. The highest BCUT2D eigenvalue weighted by Crippen LogP contribution is 2.23. The van der Waals surface area contributed by atoms with Gasteiger partial charge < -0.3 is 15.0 Å². The SMILES string of the molecule is CCCN1CC[C@H](CNC(=O)/C=C/c2ccc(OC(F)(F)F)cc2)C1. The van der Waals surface area contributed by atoms with Crippen LogP contribution in [0.25, 0.3) is 6.08 Å². The number of halogens is 3. The van der Waals surface area contributed by atoms with Crippen LogP contribution < -0.4 is 10.1 Å². The lowest BCUT2D eigenvalue weighted by atomic mass is 10.1. The second-order valence-corrected chi connectivity index (χ2v) is 6.15. The van der Waals surface area contributed by atoms with E-state index in [9.17, 15) is 18.0 Å². The maximum absolute atomic E-state index is 12.1. The molecule has 25 heavy (non-hydrogen) atoms. The fourth-order valence-electron chi connectivity index (χ4n) is 2.86. The van der Waals surface area contributed by atoms with E-state index in [0.717, 1.165) is 32.5 Å². The van der Waals surface area contributed by atoms with Crippen molar-refractivity contribution in [2.24, 2.45) is 5.92 Å². The molecule has 0 bridgehead atoms. The Labute approximate surface area is 145 Å². The predicted octanol–water partition coefficient (Wildman–Crippen LogP) is 3.45. The van der Waals surface area contributed by atoms with Gasteiger partial charge in [-0.15, -0.1) is 13.2 Å². The number of ether oxygens (including phenoxy) is 1. The second-order valence-electron chi connectivity index (χ2n) is 6.15. The molecule has 0 aliphatic carbocycles. The molecule has 1 heterocycles. The maximum Gasteiger partial charge on any atom is 0.573 e. The van der Waals surface area contributed by atoms with Crippen LogP contribution in [0.4, 0.5) is 13.2 Å². The molecule has 0 saturated carbocycles. The monoisotopic (exact) mass is 356 g/mol. The average molecular weight is 356 g/mol. The van der Waals surface area contributed by atoms with Crippen LogP contribution in [-0.4, -0.2) is 43.3 Å². The molecule has 7 heteroatoms. The molecule has 1 aromatic rings. The number of nitrogens with one attached hydrogen (secondary N) is 1. The van der Waals surface area contributed by atoms with E-state index >= 15 is 0 Å². The van der Waals surface area contributed by atoms with Crippen LogP contribution in [-0.2, 0) is 4.79 Å². The maximum atomic E-state index is 12.1. The summed E-state index contributed by atoms with van der Waals surface area (Å²) >= 11 is 0. The topological polar surface area (TPSA) is 41.6 Å². The number of likely N-dealkylation sites (tertiary alicyclic amines) is 1. The van der Waals surface area contributed by atoms with Crippen LogP contribution in [0.2, 0.25) is 0 Å². The summed E-state index contributed by atoms with van der Waals surface area (Å²) in [6.07, 6.45) is 0.465. The number of amides is 1. The molecule has 0 unspecified atom stereocenters. The molecule has 0 spiro atoms. The summed E-state index contributed by atoms with van der Waals surface area (Å²) in [7, 11) is 0. The Bertz CT molecular complexity index is 585. The van der Waals surface area contributed by atoms with Gasteiger partial charge in [0.2, 0.25) is 5.91 Å². The Morgan fingerprint density at radius 2 is 2.08 bits per heavy atom. The van der Waals surface area contributed by atoms with E-state index in [1.165, 1.54) is 30.3 Å². The molecule has 1 aromatic carbocycles. The number of carbonyl (C=O) groups excluding carboxylic acids is 1. The number of hydrogen-bond donors (Lipinski definition) is 1. The fraction of sp³-hybridized carbons (Fsp3) is 0.500. The molecule has 1 saturated heterocycles. The summed E-state index contributed by atoms with van der Waals surface area (Å²) < 4.78 is 40.0. The van der Waals surface area contributed by atoms with Crippen molar-refractivity contribution >= 4 is 12.0 Å². The molecule has 1 amide bonds. The molecule has 2 rings (SSSR count). The van der Waals surface area contributed by atoms with Gasteiger partial charge in [-0.05, 0) is 55.6 Å². The van der Waals surface area contributed by atoms with Gasteiger partial charge in [0.1, 0.15) is 5.75 Å². The summed E-state index contributed by atoms with van der Waals surface area (Å²) in [6, 6.07) is 5.35. The van der Waals surface area contributed by atoms with Crippen molar-refractivity contribution in [3.63, 3.8) is 0 Å². The zero-order valence-electron chi connectivity index (χ0n) is 14.2. The van der Waals surface area contributed by atoms with E-state index < -0.39 is 6.36 Å². The van der Waals surface area contributed by atoms with Gasteiger partial charge in [0.25, 0.3) is 0 Å². The van der Waals surface area contributed by atoms with Crippen LogP contribution >= 0.6 is 0 Å². The number of rotatable bonds is 7. The summed E-state index contributed by atoms with van der Waals surface area (Å²) in [6.45, 7) is 5.98. The minimum atomic E-state index is -4.70. The predicted molar refractivity (Wildman–Crippen MR) is 90.0 cm³/mol. The van der Waals surface area contributed by atoms with Crippen molar-refractivity contribution in [2.75, 3.05) is 26.2 Å². The molecule has 138 valence electrons. The normalized spacial score (nSPS) is 18.6. The van der Waals surface area contributed by atoms with Crippen molar-refractivity contribution in [3.8, 4) is 5.75 Å². The first-order chi connectivity index (χ1) is 11.9. The molecule has 1 fully saturated rings. The molecule has 0 radical (unpaired) electrons. The molecule has 1 N–H and O–H groups in total. The smallest absolute Gasteiger partial charge is 0.406 e. The van der Waals surface area contributed by atoms with Gasteiger partial charge in [-0.1, -0.05) is 19.1 Å². The quantitative estimate of drug-likeness (QED) is 0.761. The Kier molecular flexibility index (Phi) is 6.87. The van der Waals surface area contributed by atoms with E-state index in [0.29, 0.717) is 18.0 Å². The lowest BCUT2D eigenvalue weighted by molar-refractivity contribution is -0.274. The number of alkyl halides is 3. The summed E-state index contributed by atoms with van der Waals surface area (Å²) in [5, 5.41) is 2.87. The highest BCUT2D eigenvalue weighted by molar-refractivity contribution is 5.91. The molecule has 1 aliphatic heterocycles. The Morgan fingerprint density at radius 3 is 2.72 bits per heavy atom. The lowest BCUT2D eigenvalue weighted by Crippen LogP contribution is -2.30. The summed E-state index contributed by atoms with van der Waals surface area (Å²) in [4.78, 5) is 14.2. The average Bonchev–Trinajstić information content (AvgIpc) is 2.99. The second kappa shape index (κ2) is 8.89. The van der Waals surface area contributed by atoms with Gasteiger partial charge in [0.05, 0.1) is 0 Å². The van der Waals surface area contributed by atoms with Crippen LogP contribution in [0.1, 0.15) is 25.3 Å². The summed E-state index contributed by atoms with van der Waals surface area (Å²) in [5.41, 5.74) is 0.625. The van der Waals surface area contributed by atoms with Crippen LogP contribution in [0.3, 0.4) is 0 Å². The molecular weight excluding hydrogens is 333 g/mol.